The first-order chi connectivity index (χ1) is 12.9. The molecule has 27 heavy (non-hydrogen) atoms. The highest BCUT2D eigenvalue weighted by atomic mass is 35.5. The van der Waals surface area contributed by atoms with Gasteiger partial charge in [-0.3, -0.25) is 14.2 Å². The summed E-state index contributed by atoms with van der Waals surface area (Å²) in [6, 6.07) is 7.14. The molecule has 1 N–H and O–H groups in total. The topological polar surface area (TPSA) is 87.8 Å². The van der Waals surface area contributed by atoms with Crippen LogP contribution in [-0.2, 0) is 11.3 Å². The average Bonchev–Trinajstić information content (AvgIpc) is 3.49. The number of allylic oxidation sites excluding steroid dienone is 1. The Bertz CT molecular complexity index is 1010. The van der Waals surface area contributed by atoms with Gasteiger partial charge in [-0.2, -0.15) is 5.26 Å². The van der Waals surface area contributed by atoms with Gasteiger partial charge >= 0.3 is 0 Å². The van der Waals surface area contributed by atoms with E-state index in [1.807, 2.05) is 0 Å². The summed E-state index contributed by atoms with van der Waals surface area (Å²) in [6.07, 6.45) is 3.50. The number of nitrogens with zero attached hydrogens (tertiary/aromatic N) is 3. The Morgan fingerprint density at radius 2 is 2.33 bits per heavy atom. The lowest BCUT2D eigenvalue weighted by Crippen LogP contribution is -2.47. The van der Waals surface area contributed by atoms with E-state index in [1.54, 1.807) is 31.2 Å². The molecule has 0 radical (unpaired) electrons. The van der Waals surface area contributed by atoms with E-state index in [4.69, 9.17) is 11.6 Å². The molecule has 8 heteroatoms. The Morgan fingerprint density at radius 3 is 2.96 bits per heavy atom. The summed E-state index contributed by atoms with van der Waals surface area (Å²) in [7, 11) is 0. The molecule has 1 aliphatic rings. The number of thioether (sulfide) groups is 1. The van der Waals surface area contributed by atoms with E-state index in [9.17, 15) is 14.9 Å². The predicted octanol–water partition coefficient (Wildman–Crippen LogP) is 3.14. The van der Waals surface area contributed by atoms with E-state index in [-0.39, 0.29) is 29.7 Å². The second-order valence-corrected chi connectivity index (χ2v) is 8.06. The van der Waals surface area contributed by atoms with Gasteiger partial charge in [0, 0.05) is 11.6 Å². The standard InChI is InChI=1S/C19H19ClN4O2S/c1-3-8-24-17(26)14-9-13(20)6-7-15(14)22-18(24)27-10-16(25)23-19(2,11-21)12-4-5-12/h3,6-7,9,12H,1,4-5,8,10H2,2H3,(H,23,25)/t19-/m1/s1. The SMILES string of the molecule is C=CCn1c(SCC(=O)N[C@](C)(C#N)C2CC2)nc2ccc(Cl)cc2c1=O. The van der Waals surface area contributed by atoms with Gasteiger partial charge in [0.15, 0.2) is 5.16 Å². The number of amides is 1. The maximum absolute atomic E-state index is 12.8. The molecule has 0 spiro atoms. The van der Waals surface area contributed by atoms with Crippen LogP contribution in [0.25, 0.3) is 10.9 Å². The zero-order valence-corrected chi connectivity index (χ0v) is 16.4. The molecule has 0 unspecified atom stereocenters. The molecule has 140 valence electrons. The van der Waals surface area contributed by atoms with Crippen LogP contribution in [0.1, 0.15) is 19.8 Å². The first-order valence-electron chi connectivity index (χ1n) is 8.54. The van der Waals surface area contributed by atoms with Crippen molar-refractivity contribution in [3.05, 3.63) is 46.2 Å². The number of carbonyl (C=O) groups excluding carboxylic acids is 1. The van der Waals surface area contributed by atoms with Gasteiger partial charge in [-0.05, 0) is 43.9 Å². The van der Waals surface area contributed by atoms with Gasteiger partial charge < -0.3 is 5.32 Å². The van der Waals surface area contributed by atoms with Crippen molar-refractivity contribution in [1.82, 2.24) is 14.9 Å². The van der Waals surface area contributed by atoms with E-state index in [1.165, 1.54) is 4.57 Å². The van der Waals surface area contributed by atoms with Crippen molar-refractivity contribution in [2.75, 3.05) is 5.75 Å². The smallest absolute Gasteiger partial charge is 0.262 e. The van der Waals surface area contributed by atoms with Crippen LogP contribution in [0.2, 0.25) is 5.02 Å². The molecule has 0 saturated heterocycles. The van der Waals surface area contributed by atoms with E-state index in [2.05, 4.69) is 22.9 Å². The number of fused-ring (bicyclic) bond motifs is 1. The van der Waals surface area contributed by atoms with Crippen LogP contribution in [0.5, 0.6) is 0 Å². The lowest BCUT2D eigenvalue weighted by atomic mass is 9.98. The highest BCUT2D eigenvalue weighted by Crippen LogP contribution is 2.39. The number of halogens is 1. The Morgan fingerprint density at radius 1 is 1.59 bits per heavy atom. The number of aromatic nitrogens is 2. The quantitative estimate of drug-likeness (QED) is 0.436. The maximum atomic E-state index is 12.8. The van der Waals surface area contributed by atoms with Gasteiger partial charge in [-0.1, -0.05) is 29.4 Å². The first kappa shape index (κ1) is 19.5. The Kier molecular flexibility index (Phi) is 5.59. The molecule has 0 bridgehead atoms. The largest absolute Gasteiger partial charge is 0.337 e. The van der Waals surface area contributed by atoms with E-state index in [0.29, 0.717) is 21.1 Å². The molecule has 2 aromatic rings. The molecule has 1 amide bonds. The van der Waals surface area contributed by atoms with E-state index >= 15 is 0 Å². The molecule has 1 aromatic heterocycles. The van der Waals surface area contributed by atoms with Crippen molar-refractivity contribution in [1.29, 1.82) is 5.26 Å². The summed E-state index contributed by atoms with van der Waals surface area (Å²) < 4.78 is 1.47. The van der Waals surface area contributed by atoms with Crippen LogP contribution in [0.15, 0.2) is 40.8 Å². The molecule has 1 fully saturated rings. The lowest BCUT2D eigenvalue weighted by molar-refractivity contribution is -0.119. The normalized spacial score (nSPS) is 15.7. The second kappa shape index (κ2) is 7.75. The van der Waals surface area contributed by atoms with Gasteiger partial charge in [0.25, 0.3) is 5.56 Å². The molecule has 1 saturated carbocycles. The predicted molar refractivity (Wildman–Crippen MR) is 107 cm³/mol. The fourth-order valence-corrected chi connectivity index (χ4v) is 3.89. The molecule has 3 rings (SSSR count). The number of carbonyl (C=O) groups is 1. The van der Waals surface area contributed by atoms with Gasteiger partial charge in [-0.15, -0.1) is 6.58 Å². The van der Waals surface area contributed by atoms with Crippen molar-refractivity contribution in [2.24, 2.45) is 5.92 Å². The van der Waals surface area contributed by atoms with Gasteiger partial charge in [0.2, 0.25) is 5.91 Å². The first-order valence-corrected chi connectivity index (χ1v) is 9.90. The summed E-state index contributed by atoms with van der Waals surface area (Å²) in [5.74, 6) is 0.0117. The van der Waals surface area contributed by atoms with Crippen LogP contribution < -0.4 is 10.9 Å². The minimum Gasteiger partial charge on any atom is -0.337 e. The fraction of sp³-hybridized carbons (Fsp3) is 0.368. The van der Waals surface area contributed by atoms with E-state index in [0.717, 1.165) is 24.6 Å². The van der Waals surface area contributed by atoms with Gasteiger partial charge in [-0.25, -0.2) is 4.98 Å². The highest BCUT2D eigenvalue weighted by molar-refractivity contribution is 7.99. The minimum absolute atomic E-state index is 0.0622. The van der Waals surface area contributed by atoms with Crippen LogP contribution in [0.3, 0.4) is 0 Å². The molecule has 1 aromatic carbocycles. The molecule has 1 aliphatic carbocycles. The Labute approximate surface area is 166 Å². The number of hydrogen-bond donors (Lipinski definition) is 1. The Balaban J connectivity index is 1.83. The molecule has 6 nitrogen and oxygen atoms in total. The molecular formula is C19H19ClN4O2S. The third kappa shape index (κ3) is 4.18. The van der Waals surface area contributed by atoms with Crippen molar-refractivity contribution in [3.8, 4) is 6.07 Å². The molecule has 1 heterocycles. The molecular weight excluding hydrogens is 384 g/mol. The van der Waals surface area contributed by atoms with Crippen molar-refractivity contribution in [3.63, 3.8) is 0 Å². The van der Waals surface area contributed by atoms with Crippen molar-refractivity contribution in [2.45, 2.75) is 37.0 Å². The number of hydrogen-bond acceptors (Lipinski definition) is 5. The average molecular weight is 403 g/mol. The summed E-state index contributed by atoms with van der Waals surface area (Å²) in [5.41, 5.74) is -0.552. The zero-order valence-electron chi connectivity index (χ0n) is 14.9. The van der Waals surface area contributed by atoms with Crippen LogP contribution >= 0.6 is 23.4 Å². The lowest BCUT2D eigenvalue weighted by Gasteiger charge is -2.22. The van der Waals surface area contributed by atoms with Gasteiger partial charge in [0.05, 0.1) is 22.7 Å². The summed E-state index contributed by atoms with van der Waals surface area (Å²) in [4.78, 5) is 29.6. The summed E-state index contributed by atoms with van der Waals surface area (Å²) >= 11 is 7.15. The number of nitriles is 1. The molecule has 1 atom stereocenters. The second-order valence-electron chi connectivity index (χ2n) is 6.69. The van der Waals surface area contributed by atoms with E-state index < -0.39 is 5.54 Å². The van der Waals surface area contributed by atoms with Crippen LogP contribution in [0.4, 0.5) is 0 Å². The maximum Gasteiger partial charge on any atom is 0.262 e. The monoisotopic (exact) mass is 402 g/mol. The van der Waals surface area contributed by atoms with Crippen LogP contribution in [0, 0.1) is 17.2 Å². The Hall–Kier alpha value is -2.30. The highest BCUT2D eigenvalue weighted by Gasteiger charge is 2.42. The summed E-state index contributed by atoms with van der Waals surface area (Å²) in [6.45, 7) is 5.70. The summed E-state index contributed by atoms with van der Waals surface area (Å²) in [5, 5.41) is 13.5. The third-order valence-electron chi connectivity index (χ3n) is 4.55. The zero-order chi connectivity index (χ0) is 19.6. The van der Waals surface area contributed by atoms with Crippen molar-refractivity contribution >= 4 is 40.2 Å². The van der Waals surface area contributed by atoms with Crippen molar-refractivity contribution < 1.29 is 4.79 Å². The number of nitrogens with one attached hydrogen (secondary N) is 1. The van der Waals surface area contributed by atoms with Gasteiger partial charge in [0.1, 0.15) is 5.54 Å². The third-order valence-corrected chi connectivity index (χ3v) is 5.76. The number of benzene rings is 1. The number of rotatable bonds is 7. The van der Waals surface area contributed by atoms with Crippen LogP contribution in [-0.4, -0.2) is 26.8 Å². The fourth-order valence-electron chi connectivity index (χ4n) is 2.91. The minimum atomic E-state index is -0.841. The molecule has 0 aliphatic heterocycles.